The Labute approximate surface area is 96.1 Å². The van der Waals surface area contributed by atoms with E-state index in [2.05, 4.69) is 0 Å². The Hall–Kier alpha value is -1.74. The Bertz CT molecular complexity index is 439. The zero-order valence-electron chi connectivity index (χ0n) is 8.95. The number of hydrogen-bond donors (Lipinski definition) is 1. The van der Waals surface area contributed by atoms with Crippen molar-refractivity contribution in [1.29, 1.82) is 5.26 Å². The predicted octanol–water partition coefficient (Wildman–Crippen LogP) is 2.05. The minimum Gasteiger partial charge on any atom is -0.496 e. The average molecular weight is 245 g/mol. The van der Waals surface area contributed by atoms with Crippen molar-refractivity contribution in [3.63, 3.8) is 0 Å². The van der Waals surface area contributed by atoms with Crippen LogP contribution in [0.5, 0.6) is 5.75 Å². The quantitative estimate of drug-likeness (QED) is 0.829. The van der Waals surface area contributed by atoms with Gasteiger partial charge in [0.1, 0.15) is 11.8 Å². The first-order valence-corrected chi connectivity index (χ1v) is 4.66. The van der Waals surface area contributed by atoms with Gasteiger partial charge in [-0.1, -0.05) is 18.2 Å². The molecule has 0 aromatic heterocycles. The monoisotopic (exact) mass is 245 g/mol. The first kappa shape index (κ1) is 13.3. The first-order valence-electron chi connectivity index (χ1n) is 4.66. The highest BCUT2D eigenvalue weighted by molar-refractivity contribution is 5.36. The van der Waals surface area contributed by atoms with Crippen molar-refractivity contribution in [1.82, 2.24) is 0 Å². The van der Waals surface area contributed by atoms with Gasteiger partial charge in [-0.15, -0.1) is 0 Å². The predicted molar refractivity (Wildman–Crippen MR) is 53.3 cm³/mol. The number of nitriles is 1. The molecule has 0 heterocycles. The van der Waals surface area contributed by atoms with Gasteiger partial charge in [-0.2, -0.15) is 18.4 Å². The van der Waals surface area contributed by atoms with Crippen molar-refractivity contribution in [2.75, 3.05) is 7.11 Å². The number of hydrogen-bond acceptors (Lipinski definition) is 3. The SMILES string of the molecule is COc1ccccc1CC(O)(C#N)C(F)(F)F. The van der Waals surface area contributed by atoms with E-state index < -0.39 is 18.2 Å². The van der Waals surface area contributed by atoms with Crippen molar-refractivity contribution in [2.24, 2.45) is 0 Å². The minimum absolute atomic E-state index is 0.122. The molecule has 1 N–H and O–H groups in total. The molecule has 0 aliphatic carbocycles. The number of rotatable bonds is 3. The molecular formula is C11H10F3NO2. The van der Waals surface area contributed by atoms with Crippen molar-refractivity contribution in [2.45, 2.75) is 18.2 Å². The molecule has 1 atom stereocenters. The third-order valence-electron chi connectivity index (χ3n) is 2.29. The van der Waals surface area contributed by atoms with Crippen molar-refractivity contribution >= 4 is 0 Å². The molecule has 1 aromatic carbocycles. The fourth-order valence-electron chi connectivity index (χ4n) is 1.33. The van der Waals surface area contributed by atoms with Crippen LogP contribution in [0.4, 0.5) is 13.2 Å². The van der Waals surface area contributed by atoms with Gasteiger partial charge in [0.25, 0.3) is 5.60 Å². The highest BCUT2D eigenvalue weighted by Crippen LogP contribution is 2.34. The highest BCUT2D eigenvalue weighted by Gasteiger charge is 2.54. The molecule has 0 aliphatic rings. The number of methoxy groups -OCH3 is 1. The van der Waals surface area contributed by atoms with Gasteiger partial charge in [-0.25, -0.2) is 0 Å². The molecular weight excluding hydrogens is 235 g/mol. The Morgan fingerprint density at radius 3 is 2.41 bits per heavy atom. The zero-order chi connectivity index (χ0) is 13.1. The molecule has 0 saturated carbocycles. The second-order valence-electron chi connectivity index (χ2n) is 3.46. The molecule has 0 spiro atoms. The molecule has 17 heavy (non-hydrogen) atoms. The molecule has 0 saturated heterocycles. The summed E-state index contributed by atoms with van der Waals surface area (Å²) in [6.07, 6.45) is -5.88. The van der Waals surface area contributed by atoms with Gasteiger partial charge in [0.05, 0.1) is 7.11 Å². The highest BCUT2D eigenvalue weighted by atomic mass is 19.4. The summed E-state index contributed by atoms with van der Waals surface area (Å²) in [5, 5.41) is 17.8. The van der Waals surface area contributed by atoms with E-state index in [9.17, 15) is 18.3 Å². The largest absolute Gasteiger partial charge is 0.496 e. The number of ether oxygens (including phenoxy) is 1. The van der Waals surface area contributed by atoms with Gasteiger partial charge in [-0.3, -0.25) is 0 Å². The topological polar surface area (TPSA) is 53.2 Å². The van der Waals surface area contributed by atoms with Crippen molar-refractivity contribution in [3.05, 3.63) is 29.8 Å². The van der Waals surface area contributed by atoms with E-state index in [4.69, 9.17) is 10.00 Å². The van der Waals surface area contributed by atoms with Crippen LogP contribution in [-0.2, 0) is 6.42 Å². The van der Waals surface area contributed by atoms with Crippen LogP contribution in [0.1, 0.15) is 5.56 Å². The first-order chi connectivity index (χ1) is 7.84. The van der Waals surface area contributed by atoms with E-state index >= 15 is 0 Å². The number of para-hydroxylation sites is 1. The maximum absolute atomic E-state index is 12.5. The molecule has 0 bridgehead atoms. The minimum atomic E-state index is -5.01. The van der Waals surface area contributed by atoms with E-state index in [1.807, 2.05) is 0 Å². The lowest BCUT2D eigenvalue weighted by molar-refractivity contribution is -0.235. The van der Waals surface area contributed by atoms with Gasteiger partial charge in [-0.05, 0) is 11.6 Å². The second-order valence-corrected chi connectivity index (χ2v) is 3.46. The van der Waals surface area contributed by atoms with Gasteiger partial charge in [0.15, 0.2) is 0 Å². The van der Waals surface area contributed by atoms with Gasteiger partial charge in [0, 0.05) is 6.42 Å². The molecule has 0 fully saturated rings. The summed E-state index contributed by atoms with van der Waals surface area (Å²) in [6.45, 7) is 0. The number of halogens is 3. The molecule has 1 rings (SSSR count). The normalized spacial score (nSPS) is 14.8. The average Bonchev–Trinajstić information content (AvgIpc) is 2.28. The van der Waals surface area contributed by atoms with Gasteiger partial charge >= 0.3 is 6.18 Å². The van der Waals surface area contributed by atoms with E-state index in [0.29, 0.717) is 0 Å². The Kier molecular flexibility index (Phi) is 3.63. The lowest BCUT2D eigenvalue weighted by atomic mass is 9.95. The van der Waals surface area contributed by atoms with E-state index in [1.54, 1.807) is 6.07 Å². The third kappa shape index (κ3) is 2.68. The summed E-state index contributed by atoms with van der Waals surface area (Å²) in [7, 11) is 1.30. The Balaban J connectivity index is 3.09. The number of aliphatic hydroxyl groups is 1. The third-order valence-corrected chi connectivity index (χ3v) is 2.29. The van der Waals surface area contributed by atoms with Crippen molar-refractivity contribution < 1.29 is 23.0 Å². The van der Waals surface area contributed by atoms with Crippen LogP contribution in [0.25, 0.3) is 0 Å². The molecule has 1 unspecified atom stereocenters. The van der Waals surface area contributed by atoms with Crippen LogP contribution in [-0.4, -0.2) is 24.0 Å². The lowest BCUT2D eigenvalue weighted by Gasteiger charge is -2.23. The summed E-state index contributed by atoms with van der Waals surface area (Å²) in [4.78, 5) is 0. The van der Waals surface area contributed by atoms with Crippen LogP contribution < -0.4 is 4.74 Å². The summed E-state index contributed by atoms with van der Waals surface area (Å²) in [5.74, 6) is 0.199. The van der Waals surface area contributed by atoms with Crippen molar-refractivity contribution in [3.8, 4) is 11.8 Å². The Morgan fingerprint density at radius 1 is 1.35 bits per heavy atom. The van der Waals surface area contributed by atoms with Crippen LogP contribution in [0, 0.1) is 11.3 Å². The van der Waals surface area contributed by atoms with E-state index in [1.165, 1.54) is 25.3 Å². The Morgan fingerprint density at radius 2 is 1.94 bits per heavy atom. The van der Waals surface area contributed by atoms with Crippen LogP contribution in [0.2, 0.25) is 0 Å². The van der Waals surface area contributed by atoms with E-state index in [0.717, 1.165) is 6.07 Å². The smallest absolute Gasteiger partial charge is 0.431 e. The van der Waals surface area contributed by atoms with Crippen LogP contribution in [0.15, 0.2) is 24.3 Å². The maximum Gasteiger partial charge on any atom is 0.431 e. The summed E-state index contributed by atoms with van der Waals surface area (Å²) in [5.41, 5.74) is -3.28. The lowest BCUT2D eigenvalue weighted by Crippen LogP contribution is -2.45. The van der Waals surface area contributed by atoms with Crippen LogP contribution in [0.3, 0.4) is 0 Å². The van der Waals surface area contributed by atoms with E-state index in [-0.39, 0.29) is 11.3 Å². The molecule has 0 amide bonds. The molecule has 3 nitrogen and oxygen atoms in total. The number of alkyl halides is 3. The number of nitrogens with zero attached hydrogens (tertiary/aromatic N) is 1. The number of benzene rings is 1. The van der Waals surface area contributed by atoms with Gasteiger partial charge < -0.3 is 9.84 Å². The molecule has 6 heteroatoms. The molecule has 0 radical (unpaired) electrons. The summed E-state index contributed by atoms with van der Waals surface area (Å²) >= 11 is 0. The molecule has 92 valence electrons. The van der Waals surface area contributed by atoms with Crippen LogP contribution >= 0.6 is 0 Å². The standard InChI is InChI=1S/C11H10F3NO2/c1-17-9-5-3-2-4-8(9)6-10(16,7-15)11(12,13)14/h2-5,16H,6H2,1H3. The van der Waals surface area contributed by atoms with Gasteiger partial charge in [0.2, 0.25) is 0 Å². The molecule has 0 aliphatic heterocycles. The molecule has 1 aromatic rings. The fraction of sp³-hybridized carbons (Fsp3) is 0.364. The summed E-state index contributed by atoms with van der Waals surface area (Å²) in [6, 6.07) is 6.81. The maximum atomic E-state index is 12.5. The fourth-order valence-corrected chi connectivity index (χ4v) is 1.33. The zero-order valence-corrected chi connectivity index (χ0v) is 8.95. The summed E-state index contributed by atoms with van der Waals surface area (Å²) < 4.78 is 42.4. The second kappa shape index (κ2) is 4.63.